The summed E-state index contributed by atoms with van der Waals surface area (Å²) in [6, 6.07) is 8.11. The first-order chi connectivity index (χ1) is 16.0. The molecule has 170 valence electrons. The number of nitrogens with one attached hydrogen (secondary N) is 2. The molecule has 0 aliphatic carbocycles. The Kier molecular flexibility index (Phi) is 7.59. The molecule has 2 aromatic carbocycles. The SMILES string of the molecule is CSc1cc2ncnc(Nc3ccc(F)c(Cl)c3)c2cc1NC(=O)C=CCN1CC=CCC1. The van der Waals surface area contributed by atoms with Crippen molar-refractivity contribution in [2.24, 2.45) is 0 Å². The van der Waals surface area contributed by atoms with Crippen molar-refractivity contribution in [1.29, 1.82) is 0 Å². The van der Waals surface area contributed by atoms with Gasteiger partial charge in [-0.2, -0.15) is 0 Å². The zero-order valence-electron chi connectivity index (χ0n) is 18.0. The van der Waals surface area contributed by atoms with Crippen molar-refractivity contribution in [3.8, 4) is 0 Å². The first-order valence-corrected chi connectivity index (χ1v) is 12.0. The molecule has 0 spiro atoms. The Morgan fingerprint density at radius 1 is 1.27 bits per heavy atom. The Labute approximate surface area is 200 Å². The molecule has 6 nitrogen and oxygen atoms in total. The molecule has 9 heteroatoms. The number of aromatic nitrogens is 2. The van der Waals surface area contributed by atoms with Crippen LogP contribution in [0.2, 0.25) is 5.02 Å². The minimum Gasteiger partial charge on any atom is -0.340 e. The van der Waals surface area contributed by atoms with E-state index in [4.69, 9.17) is 11.6 Å². The highest BCUT2D eigenvalue weighted by Crippen LogP contribution is 2.33. The van der Waals surface area contributed by atoms with Gasteiger partial charge in [0.2, 0.25) is 5.91 Å². The molecule has 3 aromatic rings. The van der Waals surface area contributed by atoms with Gasteiger partial charge in [-0.3, -0.25) is 9.69 Å². The number of hydrogen-bond donors (Lipinski definition) is 2. The quantitative estimate of drug-likeness (QED) is 0.257. The fourth-order valence-corrected chi connectivity index (χ4v) is 4.24. The molecule has 0 unspecified atom stereocenters. The number of amides is 1. The molecule has 4 rings (SSSR count). The van der Waals surface area contributed by atoms with Gasteiger partial charge in [0.25, 0.3) is 0 Å². The number of carbonyl (C=O) groups is 1. The summed E-state index contributed by atoms with van der Waals surface area (Å²) >= 11 is 7.42. The third-order valence-electron chi connectivity index (χ3n) is 5.17. The van der Waals surface area contributed by atoms with Crippen LogP contribution in [-0.4, -0.2) is 46.7 Å². The predicted octanol–water partition coefficient (Wildman–Crippen LogP) is 5.64. The van der Waals surface area contributed by atoms with E-state index in [0.717, 1.165) is 41.9 Å². The van der Waals surface area contributed by atoms with Crippen LogP contribution in [-0.2, 0) is 4.79 Å². The molecule has 2 N–H and O–H groups in total. The van der Waals surface area contributed by atoms with E-state index in [2.05, 4.69) is 37.7 Å². The summed E-state index contributed by atoms with van der Waals surface area (Å²) < 4.78 is 13.5. The van der Waals surface area contributed by atoms with Crippen molar-refractivity contribution >= 4 is 57.4 Å². The van der Waals surface area contributed by atoms with E-state index in [1.165, 1.54) is 30.2 Å². The molecule has 0 radical (unpaired) electrons. The molecule has 2 heterocycles. The molecule has 0 saturated carbocycles. The first-order valence-electron chi connectivity index (χ1n) is 10.4. The molecule has 33 heavy (non-hydrogen) atoms. The van der Waals surface area contributed by atoms with Gasteiger partial charge < -0.3 is 10.6 Å². The molecule has 1 amide bonds. The second-order valence-electron chi connectivity index (χ2n) is 7.46. The van der Waals surface area contributed by atoms with E-state index >= 15 is 0 Å². The smallest absolute Gasteiger partial charge is 0.248 e. The van der Waals surface area contributed by atoms with E-state index in [1.807, 2.05) is 24.5 Å². The minimum atomic E-state index is -0.492. The third-order valence-corrected chi connectivity index (χ3v) is 6.24. The van der Waals surface area contributed by atoms with Gasteiger partial charge in [0.15, 0.2) is 0 Å². The van der Waals surface area contributed by atoms with Crippen LogP contribution in [0.25, 0.3) is 10.9 Å². The van der Waals surface area contributed by atoms with E-state index in [9.17, 15) is 9.18 Å². The highest BCUT2D eigenvalue weighted by Gasteiger charge is 2.12. The summed E-state index contributed by atoms with van der Waals surface area (Å²) in [5.74, 6) is -0.164. The second-order valence-corrected chi connectivity index (χ2v) is 8.71. The average Bonchev–Trinajstić information content (AvgIpc) is 2.82. The summed E-state index contributed by atoms with van der Waals surface area (Å²) in [6.07, 6.45) is 12.2. The molecule has 1 aliphatic rings. The number of fused-ring (bicyclic) bond motifs is 1. The third kappa shape index (κ3) is 5.90. The lowest BCUT2D eigenvalue weighted by atomic mass is 10.2. The van der Waals surface area contributed by atoms with Gasteiger partial charge in [-0.25, -0.2) is 14.4 Å². The van der Waals surface area contributed by atoms with Crippen LogP contribution in [0, 0.1) is 5.82 Å². The number of hydrogen-bond acceptors (Lipinski definition) is 6. The maximum absolute atomic E-state index is 13.5. The lowest BCUT2D eigenvalue weighted by Gasteiger charge is -2.20. The molecule has 1 aliphatic heterocycles. The Hall–Kier alpha value is -2.94. The number of anilines is 3. The number of halogens is 2. The van der Waals surface area contributed by atoms with Gasteiger partial charge >= 0.3 is 0 Å². The van der Waals surface area contributed by atoms with Crippen molar-refractivity contribution < 1.29 is 9.18 Å². The van der Waals surface area contributed by atoms with Crippen molar-refractivity contribution in [3.05, 3.63) is 71.8 Å². The van der Waals surface area contributed by atoms with Gasteiger partial charge in [-0.1, -0.05) is 29.8 Å². The summed E-state index contributed by atoms with van der Waals surface area (Å²) in [5, 5.41) is 6.86. The summed E-state index contributed by atoms with van der Waals surface area (Å²) in [7, 11) is 0. The Balaban J connectivity index is 1.55. The molecular formula is C24H23ClFN5OS. The predicted molar refractivity (Wildman–Crippen MR) is 134 cm³/mol. The zero-order chi connectivity index (χ0) is 23.2. The fourth-order valence-electron chi connectivity index (χ4n) is 3.50. The Morgan fingerprint density at radius 2 is 2.15 bits per heavy atom. The number of nitrogens with zero attached hydrogens (tertiary/aromatic N) is 3. The van der Waals surface area contributed by atoms with Gasteiger partial charge in [-0.05, 0) is 43.0 Å². The van der Waals surface area contributed by atoms with Crippen molar-refractivity contribution in [2.75, 3.05) is 36.5 Å². The van der Waals surface area contributed by atoms with Crippen LogP contribution in [0.5, 0.6) is 0 Å². The van der Waals surface area contributed by atoms with E-state index in [1.54, 1.807) is 12.1 Å². The summed E-state index contributed by atoms with van der Waals surface area (Å²) in [4.78, 5) is 24.4. The van der Waals surface area contributed by atoms with Crippen LogP contribution in [0.3, 0.4) is 0 Å². The number of thioether (sulfide) groups is 1. The first kappa shape index (κ1) is 23.2. The van der Waals surface area contributed by atoms with Crippen molar-refractivity contribution in [3.63, 3.8) is 0 Å². The number of carbonyl (C=O) groups excluding carboxylic acids is 1. The van der Waals surface area contributed by atoms with Gasteiger partial charge in [-0.15, -0.1) is 11.8 Å². The Bertz CT molecular complexity index is 1230. The Morgan fingerprint density at radius 3 is 2.91 bits per heavy atom. The summed E-state index contributed by atoms with van der Waals surface area (Å²) in [5.41, 5.74) is 1.98. The van der Waals surface area contributed by atoms with Crippen LogP contribution in [0.4, 0.5) is 21.6 Å². The van der Waals surface area contributed by atoms with E-state index in [0.29, 0.717) is 17.2 Å². The average molecular weight is 484 g/mol. The minimum absolute atomic E-state index is 0.0170. The van der Waals surface area contributed by atoms with Gasteiger partial charge in [0, 0.05) is 41.7 Å². The maximum Gasteiger partial charge on any atom is 0.248 e. The fraction of sp³-hybridized carbons (Fsp3) is 0.208. The molecule has 0 fully saturated rings. The van der Waals surface area contributed by atoms with Crippen molar-refractivity contribution in [2.45, 2.75) is 11.3 Å². The maximum atomic E-state index is 13.5. The number of benzene rings is 2. The molecule has 1 aromatic heterocycles. The van der Waals surface area contributed by atoms with Crippen LogP contribution in [0.15, 0.2) is 65.9 Å². The normalized spacial score (nSPS) is 14.2. The van der Waals surface area contributed by atoms with E-state index in [-0.39, 0.29) is 10.9 Å². The van der Waals surface area contributed by atoms with Gasteiger partial charge in [0.1, 0.15) is 18.0 Å². The van der Waals surface area contributed by atoms with Crippen LogP contribution in [0.1, 0.15) is 6.42 Å². The highest BCUT2D eigenvalue weighted by molar-refractivity contribution is 7.98. The van der Waals surface area contributed by atoms with Gasteiger partial charge in [0.05, 0.1) is 16.2 Å². The van der Waals surface area contributed by atoms with E-state index < -0.39 is 5.82 Å². The molecule has 0 atom stereocenters. The highest BCUT2D eigenvalue weighted by atomic mass is 35.5. The van der Waals surface area contributed by atoms with Crippen molar-refractivity contribution in [1.82, 2.24) is 14.9 Å². The largest absolute Gasteiger partial charge is 0.340 e. The second kappa shape index (κ2) is 10.8. The van der Waals surface area contributed by atoms with Crippen LogP contribution < -0.4 is 10.6 Å². The standard InChI is InChI=1S/C24H23ClFN5OS/c1-33-22-14-20-17(24(28-15-27-20)29-16-7-8-19(26)18(25)12-16)13-21(22)30-23(32)6-5-11-31-9-3-2-4-10-31/h2-3,5-8,12-15H,4,9-11H2,1H3,(H,30,32)(H,27,28,29). The van der Waals surface area contributed by atoms with Crippen LogP contribution >= 0.6 is 23.4 Å². The number of rotatable bonds is 7. The lowest BCUT2D eigenvalue weighted by molar-refractivity contribution is -0.111. The molecule has 0 bridgehead atoms. The topological polar surface area (TPSA) is 70.1 Å². The zero-order valence-corrected chi connectivity index (χ0v) is 19.6. The summed E-state index contributed by atoms with van der Waals surface area (Å²) in [6.45, 7) is 2.63. The lowest BCUT2D eigenvalue weighted by Crippen LogP contribution is -2.27. The molecular weight excluding hydrogens is 461 g/mol. The monoisotopic (exact) mass is 483 g/mol. The molecule has 0 saturated heterocycles.